The van der Waals surface area contributed by atoms with Crippen molar-refractivity contribution in [3.8, 4) is 0 Å². The van der Waals surface area contributed by atoms with Crippen molar-refractivity contribution in [2.24, 2.45) is 0 Å². The molecule has 1 amide bonds. The molecule has 0 saturated carbocycles. The van der Waals surface area contributed by atoms with E-state index in [0.29, 0.717) is 12.8 Å². The Morgan fingerprint density at radius 2 is 2.32 bits per heavy atom. The average Bonchev–Trinajstić information content (AvgIpc) is 2.45. The van der Waals surface area contributed by atoms with Gasteiger partial charge < -0.3 is 10.6 Å². The molecule has 1 atom stereocenters. The first-order chi connectivity index (χ1) is 9.19. The van der Waals surface area contributed by atoms with E-state index in [9.17, 15) is 4.79 Å². The predicted octanol–water partition coefficient (Wildman–Crippen LogP) is 1.28. The van der Waals surface area contributed by atoms with E-state index in [-0.39, 0.29) is 11.9 Å². The van der Waals surface area contributed by atoms with Gasteiger partial charge in [-0.05, 0) is 38.8 Å². The molecule has 1 aliphatic rings. The van der Waals surface area contributed by atoms with Gasteiger partial charge in [-0.3, -0.25) is 4.79 Å². The molecule has 5 nitrogen and oxygen atoms in total. The van der Waals surface area contributed by atoms with Crippen LogP contribution in [-0.2, 0) is 11.2 Å². The Labute approximate surface area is 114 Å². The Kier molecular flexibility index (Phi) is 4.85. The van der Waals surface area contributed by atoms with E-state index in [1.54, 1.807) is 7.05 Å². The van der Waals surface area contributed by atoms with E-state index >= 15 is 0 Å². The summed E-state index contributed by atoms with van der Waals surface area (Å²) in [6.07, 6.45) is 4.69. The molecule has 2 rings (SSSR count). The number of aromatic nitrogens is 2. The van der Waals surface area contributed by atoms with Crippen molar-refractivity contribution in [3.63, 3.8) is 0 Å². The van der Waals surface area contributed by atoms with Crippen molar-refractivity contribution in [2.75, 3.05) is 13.6 Å². The van der Waals surface area contributed by atoms with Gasteiger partial charge in [0.05, 0.1) is 6.04 Å². The third kappa shape index (κ3) is 3.99. The molecule has 1 saturated heterocycles. The third-order valence-electron chi connectivity index (χ3n) is 3.43. The lowest BCUT2D eigenvalue weighted by Gasteiger charge is -2.22. The molecule has 104 valence electrons. The summed E-state index contributed by atoms with van der Waals surface area (Å²) in [5.74, 6) is 0.931. The minimum absolute atomic E-state index is 0.0496. The molecule has 2 heterocycles. The summed E-state index contributed by atoms with van der Waals surface area (Å²) in [5.41, 5.74) is 1.93. The highest BCUT2D eigenvalue weighted by molar-refractivity contribution is 5.75. The monoisotopic (exact) mass is 262 g/mol. The van der Waals surface area contributed by atoms with E-state index in [4.69, 9.17) is 0 Å². The lowest BCUT2D eigenvalue weighted by atomic mass is 10.0. The number of hydrogen-bond acceptors (Lipinski definition) is 4. The van der Waals surface area contributed by atoms with Gasteiger partial charge in [0.15, 0.2) is 0 Å². The molecule has 0 spiro atoms. The normalized spacial score (nSPS) is 19.2. The highest BCUT2D eigenvalue weighted by atomic mass is 16.1. The Balaban J connectivity index is 2.07. The van der Waals surface area contributed by atoms with E-state index in [1.165, 1.54) is 12.8 Å². The summed E-state index contributed by atoms with van der Waals surface area (Å²) >= 11 is 0. The summed E-state index contributed by atoms with van der Waals surface area (Å²) in [6.45, 7) is 3.02. The Morgan fingerprint density at radius 1 is 1.47 bits per heavy atom. The van der Waals surface area contributed by atoms with Crippen molar-refractivity contribution in [2.45, 2.75) is 45.1 Å². The fraction of sp³-hybridized carbons (Fsp3) is 0.643. The van der Waals surface area contributed by atoms with Gasteiger partial charge in [0.25, 0.3) is 0 Å². The predicted molar refractivity (Wildman–Crippen MR) is 73.8 cm³/mol. The van der Waals surface area contributed by atoms with Gasteiger partial charge in [0.1, 0.15) is 5.82 Å². The maximum Gasteiger partial charge on any atom is 0.220 e. The second kappa shape index (κ2) is 6.61. The van der Waals surface area contributed by atoms with Gasteiger partial charge >= 0.3 is 0 Å². The molecule has 1 unspecified atom stereocenters. The number of nitrogens with zero attached hydrogens (tertiary/aromatic N) is 2. The fourth-order valence-electron chi connectivity index (χ4n) is 2.38. The van der Waals surface area contributed by atoms with Crippen molar-refractivity contribution < 1.29 is 4.79 Å². The van der Waals surface area contributed by atoms with Gasteiger partial charge in [-0.1, -0.05) is 6.42 Å². The zero-order chi connectivity index (χ0) is 13.7. The van der Waals surface area contributed by atoms with Gasteiger partial charge in [-0.2, -0.15) is 0 Å². The molecule has 2 N–H and O–H groups in total. The first kappa shape index (κ1) is 13.9. The minimum atomic E-state index is 0.0496. The summed E-state index contributed by atoms with van der Waals surface area (Å²) in [5, 5.41) is 6.09. The number of nitrogens with one attached hydrogen (secondary N) is 2. The molecule has 1 aromatic rings. The smallest absolute Gasteiger partial charge is 0.220 e. The Hall–Kier alpha value is -1.49. The first-order valence-electron chi connectivity index (χ1n) is 6.97. The highest BCUT2D eigenvalue weighted by Gasteiger charge is 2.18. The van der Waals surface area contributed by atoms with Crippen LogP contribution in [0, 0.1) is 6.92 Å². The lowest BCUT2D eigenvalue weighted by Crippen LogP contribution is -2.28. The largest absolute Gasteiger partial charge is 0.359 e. The number of amides is 1. The molecule has 0 aliphatic carbocycles. The van der Waals surface area contributed by atoms with Crippen molar-refractivity contribution in [1.82, 2.24) is 20.6 Å². The van der Waals surface area contributed by atoms with Crippen LogP contribution in [0.1, 0.15) is 48.9 Å². The van der Waals surface area contributed by atoms with E-state index in [2.05, 4.69) is 20.6 Å². The number of carbonyl (C=O) groups excluding carboxylic acids is 1. The third-order valence-corrected chi connectivity index (χ3v) is 3.43. The number of rotatable bonds is 4. The fourth-order valence-corrected chi connectivity index (χ4v) is 2.38. The SMILES string of the molecule is CNC(=O)CCc1cc(C)nc(C2CCCCN2)n1. The van der Waals surface area contributed by atoms with Crippen LogP contribution in [0.2, 0.25) is 0 Å². The first-order valence-corrected chi connectivity index (χ1v) is 6.97. The van der Waals surface area contributed by atoms with Gasteiger partial charge in [0, 0.05) is 24.9 Å². The topological polar surface area (TPSA) is 66.9 Å². The Bertz CT molecular complexity index is 441. The number of carbonyl (C=O) groups is 1. The second-order valence-electron chi connectivity index (χ2n) is 5.03. The number of aryl methyl sites for hydroxylation is 2. The van der Waals surface area contributed by atoms with E-state index in [1.807, 2.05) is 13.0 Å². The molecule has 0 bridgehead atoms. The molecule has 5 heteroatoms. The van der Waals surface area contributed by atoms with Gasteiger partial charge in [0.2, 0.25) is 5.91 Å². The minimum Gasteiger partial charge on any atom is -0.359 e. The van der Waals surface area contributed by atoms with Crippen LogP contribution >= 0.6 is 0 Å². The molecule has 19 heavy (non-hydrogen) atoms. The zero-order valence-electron chi connectivity index (χ0n) is 11.7. The quantitative estimate of drug-likeness (QED) is 0.857. The molecule has 1 aromatic heterocycles. The van der Waals surface area contributed by atoms with Crippen LogP contribution in [0.5, 0.6) is 0 Å². The molecular formula is C14H22N4O. The standard InChI is InChI=1S/C14H22N4O/c1-10-9-11(6-7-13(19)15-2)18-14(17-10)12-5-3-4-8-16-12/h9,12,16H,3-8H2,1-2H3,(H,15,19). The number of piperidine rings is 1. The summed E-state index contributed by atoms with van der Waals surface area (Å²) in [4.78, 5) is 20.4. The summed E-state index contributed by atoms with van der Waals surface area (Å²) < 4.78 is 0. The maximum absolute atomic E-state index is 11.3. The lowest BCUT2D eigenvalue weighted by molar-refractivity contribution is -0.120. The number of hydrogen-bond donors (Lipinski definition) is 2. The maximum atomic E-state index is 11.3. The van der Waals surface area contributed by atoms with Gasteiger partial charge in [-0.25, -0.2) is 9.97 Å². The van der Waals surface area contributed by atoms with Crippen LogP contribution in [0.15, 0.2) is 6.07 Å². The van der Waals surface area contributed by atoms with Crippen LogP contribution in [0.3, 0.4) is 0 Å². The molecule has 1 fully saturated rings. The molecular weight excluding hydrogens is 240 g/mol. The van der Waals surface area contributed by atoms with E-state index in [0.717, 1.165) is 30.2 Å². The van der Waals surface area contributed by atoms with Crippen LogP contribution in [0.4, 0.5) is 0 Å². The molecule has 0 aromatic carbocycles. The van der Waals surface area contributed by atoms with E-state index < -0.39 is 0 Å². The Morgan fingerprint density at radius 3 is 3.00 bits per heavy atom. The van der Waals surface area contributed by atoms with Crippen molar-refractivity contribution in [1.29, 1.82) is 0 Å². The van der Waals surface area contributed by atoms with Gasteiger partial charge in [-0.15, -0.1) is 0 Å². The van der Waals surface area contributed by atoms with Crippen LogP contribution < -0.4 is 10.6 Å². The van der Waals surface area contributed by atoms with Crippen LogP contribution in [0.25, 0.3) is 0 Å². The molecule has 1 aliphatic heterocycles. The molecule has 0 radical (unpaired) electrons. The van der Waals surface area contributed by atoms with Crippen molar-refractivity contribution >= 4 is 5.91 Å². The highest BCUT2D eigenvalue weighted by Crippen LogP contribution is 2.20. The average molecular weight is 262 g/mol. The zero-order valence-corrected chi connectivity index (χ0v) is 11.7. The summed E-state index contributed by atoms with van der Waals surface area (Å²) in [6, 6.07) is 2.24. The van der Waals surface area contributed by atoms with Crippen LogP contribution in [-0.4, -0.2) is 29.5 Å². The van der Waals surface area contributed by atoms with Crippen molar-refractivity contribution in [3.05, 3.63) is 23.3 Å². The summed E-state index contributed by atoms with van der Waals surface area (Å²) in [7, 11) is 1.66. The second-order valence-corrected chi connectivity index (χ2v) is 5.03.